The zero-order valence-corrected chi connectivity index (χ0v) is 11.8. The molecule has 0 saturated heterocycles. The van der Waals surface area contributed by atoms with E-state index in [1.807, 2.05) is 18.2 Å². The molecule has 20 heavy (non-hydrogen) atoms. The minimum Gasteiger partial charge on any atom is -0.308 e. The summed E-state index contributed by atoms with van der Waals surface area (Å²) in [5.41, 5.74) is 5.67. The van der Waals surface area contributed by atoms with Crippen molar-refractivity contribution in [3.05, 3.63) is 78.4 Å². The Kier molecular flexibility index (Phi) is 4.67. The van der Waals surface area contributed by atoms with Crippen LogP contribution in [0.4, 0.5) is 0 Å². The maximum Gasteiger partial charge on any atom is 0.0256 e. The van der Waals surface area contributed by atoms with Crippen molar-refractivity contribution in [2.24, 2.45) is 0 Å². The molecular formula is C19H19N. The highest BCUT2D eigenvalue weighted by molar-refractivity contribution is 6.08. The summed E-state index contributed by atoms with van der Waals surface area (Å²) < 4.78 is 0. The predicted molar refractivity (Wildman–Crippen MR) is 88.2 cm³/mol. The Balaban J connectivity index is 2.29. The van der Waals surface area contributed by atoms with Gasteiger partial charge in [0.05, 0.1) is 0 Å². The fourth-order valence-corrected chi connectivity index (χ4v) is 2.14. The number of benzene rings is 2. The van der Waals surface area contributed by atoms with Crippen molar-refractivity contribution in [3.8, 4) is 11.1 Å². The van der Waals surface area contributed by atoms with Crippen molar-refractivity contribution in [2.45, 2.75) is 13.3 Å². The van der Waals surface area contributed by atoms with Gasteiger partial charge in [-0.3, -0.25) is 0 Å². The molecule has 0 bridgehead atoms. The van der Waals surface area contributed by atoms with Crippen molar-refractivity contribution in [3.63, 3.8) is 0 Å². The van der Waals surface area contributed by atoms with Crippen molar-refractivity contribution < 1.29 is 0 Å². The van der Waals surface area contributed by atoms with E-state index < -0.39 is 0 Å². The zero-order valence-electron chi connectivity index (χ0n) is 11.8. The Hall–Kier alpha value is -2.41. The highest BCUT2D eigenvalue weighted by Crippen LogP contribution is 2.22. The number of hydrogen-bond acceptors (Lipinski definition) is 1. The van der Waals surface area contributed by atoms with Gasteiger partial charge < -0.3 is 5.41 Å². The molecule has 1 N–H and O–H groups in total. The lowest BCUT2D eigenvalue weighted by Crippen LogP contribution is -1.86. The highest BCUT2D eigenvalue weighted by Gasteiger charge is 2.00. The van der Waals surface area contributed by atoms with Crippen LogP contribution in [0.5, 0.6) is 0 Å². The van der Waals surface area contributed by atoms with Gasteiger partial charge in [0.25, 0.3) is 0 Å². The second kappa shape index (κ2) is 6.67. The smallest absolute Gasteiger partial charge is 0.0256 e. The van der Waals surface area contributed by atoms with E-state index in [1.54, 1.807) is 6.08 Å². The molecule has 0 heterocycles. The molecule has 2 rings (SSSR count). The van der Waals surface area contributed by atoms with Gasteiger partial charge in [0.15, 0.2) is 0 Å². The number of hydrogen-bond donors (Lipinski definition) is 1. The third kappa shape index (κ3) is 3.12. The van der Waals surface area contributed by atoms with Crippen LogP contribution < -0.4 is 0 Å². The maximum absolute atomic E-state index is 7.42. The maximum atomic E-state index is 7.42. The van der Waals surface area contributed by atoms with Crippen LogP contribution in [0.15, 0.2) is 67.3 Å². The van der Waals surface area contributed by atoms with Crippen molar-refractivity contribution in [2.75, 3.05) is 0 Å². The minimum absolute atomic E-state index is 0.868. The Bertz CT molecular complexity index is 616. The molecule has 2 aromatic carbocycles. The summed E-state index contributed by atoms with van der Waals surface area (Å²) in [5, 5.41) is 7.42. The van der Waals surface area contributed by atoms with E-state index in [0.717, 1.165) is 17.6 Å². The molecule has 0 spiro atoms. The molecule has 1 nitrogen and oxygen atoms in total. The molecule has 0 aromatic heterocycles. The Morgan fingerprint density at radius 3 is 2.00 bits per heavy atom. The summed E-state index contributed by atoms with van der Waals surface area (Å²) in [6.07, 6.45) is 5.97. The van der Waals surface area contributed by atoms with Crippen LogP contribution in [-0.2, 0) is 6.42 Å². The summed E-state index contributed by atoms with van der Waals surface area (Å²) in [5.74, 6) is 0. The molecule has 0 aliphatic carbocycles. The summed E-state index contributed by atoms with van der Waals surface area (Å²) in [6.45, 7) is 5.84. The standard InChI is InChI=1S/C19H19N/c1-3-5-19(14-20)18-12-10-17(11-13-18)16-8-6-15(4-2)7-9-16/h3,5-14,20H,1,4H2,2H3/b19-5+,20-14?. The van der Waals surface area contributed by atoms with Crippen LogP contribution in [0, 0.1) is 5.41 Å². The topological polar surface area (TPSA) is 23.9 Å². The van der Waals surface area contributed by atoms with Crippen molar-refractivity contribution in [1.82, 2.24) is 0 Å². The monoisotopic (exact) mass is 261 g/mol. The second-order valence-electron chi connectivity index (χ2n) is 4.63. The van der Waals surface area contributed by atoms with E-state index in [4.69, 9.17) is 5.41 Å². The van der Waals surface area contributed by atoms with Gasteiger partial charge in [-0.1, -0.05) is 74.2 Å². The fourth-order valence-electron chi connectivity index (χ4n) is 2.14. The van der Waals surface area contributed by atoms with E-state index >= 15 is 0 Å². The second-order valence-corrected chi connectivity index (χ2v) is 4.63. The van der Waals surface area contributed by atoms with Crippen molar-refractivity contribution in [1.29, 1.82) is 5.41 Å². The van der Waals surface area contributed by atoms with Crippen LogP contribution in [0.1, 0.15) is 18.1 Å². The van der Waals surface area contributed by atoms with Gasteiger partial charge in [-0.15, -0.1) is 0 Å². The largest absolute Gasteiger partial charge is 0.308 e. The molecule has 0 aliphatic rings. The average Bonchev–Trinajstić information content (AvgIpc) is 2.53. The molecule has 0 radical (unpaired) electrons. The minimum atomic E-state index is 0.868. The normalized spacial score (nSPS) is 11.2. The summed E-state index contributed by atoms with van der Waals surface area (Å²) in [4.78, 5) is 0. The SMILES string of the molecule is C=C/C=C(\C=N)c1ccc(-c2ccc(CC)cc2)cc1. The lowest BCUT2D eigenvalue weighted by atomic mass is 9.99. The Morgan fingerprint density at radius 1 is 1.00 bits per heavy atom. The van der Waals surface area contributed by atoms with Crippen LogP contribution in [0.25, 0.3) is 16.7 Å². The Labute approximate surface area is 120 Å². The lowest BCUT2D eigenvalue weighted by molar-refractivity contribution is 1.14. The van der Waals surface area contributed by atoms with Crippen LogP contribution in [-0.4, -0.2) is 6.21 Å². The molecule has 100 valence electrons. The molecule has 0 atom stereocenters. The predicted octanol–water partition coefficient (Wildman–Crippen LogP) is 5.13. The molecule has 0 amide bonds. The molecule has 0 unspecified atom stereocenters. The molecule has 1 heteroatoms. The summed E-state index contributed by atoms with van der Waals surface area (Å²) in [6, 6.07) is 16.9. The third-order valence-electron chi connectivity index (χ3n) is 3.37. The van der Waals surface area contributed by atoms with E-state index in [0.29, 0.717) is 0 Å². The van der Waals surface area contributed by atoms with Gasteiger partial charge in [-0.25, -0.2) is 0 Å². The molecule has 2 aromatic rings. The first kappa shape index (κ1) is 14.0. The van der Waals surface area contributed by atoms with Gasteiger partial charge >= 0.3 is 0 Å². The number of allylic oxidation sites excluding steroid dienone is 3. The first-order chi connectivity index (χ1) is 9.78. The van der Waals surface area contributed by atoms with Gasteiger partial charge in [-0.05, 0) is 34.2 Å². The molecule has 0 fully saturated rings. The van der Waals surface area contributed by atoms with Gasteiger partial charge in [0.2, 0.25) is 0 Å². The summed E-state index contributed by atoms with van der Waals surface area (Å²) >= 11 is 0. The molecular weight excluding hydrogens is 242 g/mol. The van der Waals surface area contributed by atoms with Gasteiger partial charge in [-0.2, -0.15) is 0 Å². The average molecular weight is 261 g/mol. The highest BCUT2D eigenvalue weighted by atomic mass is 14.3. The van der Waals surface area contributed by atoms with Crippen molar-refractivity contribution >= 4 is 11.8 Å². The number of aryl methyl sites for hydroxylation is 1. The number of rotatable bonds is 5. The van der Waals surface area contributed by atoms with E-state index in [-0.39, 0.29) is 0 Å². The quantitative estimate of drug-likeness (QED) is 0.569. The van der Waals surface area contributed by atoms with Crippen LogP contribution in [0.2, 0.25) is 0 Å². The first-order valence-electron chi connectivity index (χ1n) is 6.81. The van der Waals surface area contributed by atoms with Gasteiger partial charge in [0, 0.05) is 6.21 Å². The van der Waals surface area contributed by atoms with E-state index in [9.17, 15) is 0 Å². The zero-order chi connectivity index (χ0) is 14.4. The lowest BCUT2D eigenvalue weighted by Gasteiger charge is -2.06. The Morgan fingerprint density at radius 2 is 1.55 bits per heavy atom. The molecule has 0 saturated carbocycles. The number of nitrogens with one attached hydrogen (secondary N) is 1. The molecule has 0 aliphatic heterocycles. The summed E-state index contributed by atoms with van der Waals surface area (Å²) in [7, 11) is 0. The van der Waals surface area contributed by atoms with E-state index in [2.05, 4.69) is 49.9 Å². The van der Waals surface area contributed by atoms with Gasteiger partial charge in [0.1, 0.15) is 0 Å². The third-order valence-corrected chi connectivity index (χ3v) is 3.37. The van der Waals surface area contributed by atoms with Crippen LogP contribution >= 0.6 is 0 Å². The van der Waals surface area contributed by atoms with Crippen LogP contribution in [0.3, 0.4) is 0 Å². The first-order valence-corrected chi connectivity index (χ1v) is 6.81. The fraction of sp³-hybridized carbons (Fsp3) is 0.105. The van der Waals surface area contributed by atoms with E-state index in [1.165, 1.54) is 22.9 Å².